The monoisotopic (exact) mass is 390 g/mol. The standard InChI is InChI=1S/C19H22N2O7/c1-10-9-20-14-6-5-13(21(24)25)7-12(14)8-19(15(20)11(2)26-10)16(22)27-18(3,4)28-17(19)23/h5-7,10-11,15H,8-9H2,1-4H3/t10-,11+,15-/m0/s1. The second-order valence-corrected chi connectivity index (χ2v) is 8.15. The van der Waals surface area contributed by atoms with E-state index in [1.54, 1.807) is 6.07 Å². The van der Waals surface area contributed by atoms with Gasteiger partial charge in [0.05, 0.1) is 23.2 Å². The second-order valence-electron chi connectivity index (χ2n) is 8.15. The van der Waals surface area contributed by atoms with Gasteiger partial charge in [-0.05, 0) is 25.5 Å². The first-order valence-electron chi connectivity index (χ1n) is 9.21. The van der Waals surface area contributed by atoms with Gasteiger partial charge in [0.15, 0.2) is 5.41 Å². The van der Waals surface area contributed by atoms with E-state index in [-0.39, 0.29) is 18.2 Å². The lowest BCUT2D eigenvalue weighted by Crippen LogP contribution is -2.71. The molecule has 0 saturated carbocycles. The molecule has 2 fully saturated rings. The van der Waals surface area contributed by atoms with E-state index >= 15 is 0 Å². The molecule has 0 amide bonds. The van der Waals surface area contributed by atoms with Crippen LogP contribution >= 0.6 is 0 Å². The molecule has 3 heterocycles. The average molecular weight is 390 g/mol. The zero-order valence-corrected chi connectivity index (χ0v) is 16.1. The van der Waals surface area contributed by atoms with Gasteiger partial charge in [0.2, 0.25) is 0 Å². The molecule has 3 atom stereocenters. The Morgan fingerprint density at radius 1 is 1.18 bits per heavy atom. The predicted octanol–water partition coefficient (Wildman–Crippen LogP) is 1.96. The Morgan fingerprint density at radius 3 is 2.43 bits per heavy atom. The van der Waals surface area contributed by atoms with E-state index in [2.05, 4.69) is 0 Å². The molecule has 0 aromatic heterocycles. The Hall–Kier alpha value is -2.68. The summed E-state index contributed by atoms with van der Waals surface area (Å²) in [5.74, 6) is -2.74. The molecule has 0 aliphatic carbocycles. The molecule has 2 saturated heterocycles. The van der Waals surface area contributed by atoms with E-state index < -0.39 is 40.2 Å². The van der Waals surface area contributed by atoms with Crippen LogP contribution in [0, 0.1) is 15.5 Å². The molecule has 9 heteroatoms. The number of cyclic esters (lactones) is 2. The molecule has 4 rings (SSSR count). The maximum Gasteiger partial charge on any atom is 0.329 e. The van der Waals surface area contributed by atoms with Crippen LogP contribution in [0.25, 0.3) is 0 Å². The van der Waals surface area contributed by atoms with Crippen molar-refractivity contribution in [1.82, 2.24) is 0 Å². The molecule has 0 bridgehead atoms. The lowest BCUT2D eigenvalue weighted by Gasteiger charge is -2.55. The van der Waals surface area contributed by atoms with Gasteiger partial charge in [-0.1, -0.05) is 0 Å². The number of morpholine rings is 1. The molecule has 1 aromatic rings. The van der Waals surface area contributed by atoms with Gasteiger partial charge in [0.25, 0.3) is 11.5 Å². The number of fused-ring (bicyclic) bond motifs is 4. The molecule has 0 N–H and O–H groups in total. The molecule has 0 unspecified atom stereocenters. The number of ether oxygens (including phenoxy) is 3. The van der Waals surface area contributed by atoms with Crippen molar-refractivity contribution in [3.05, 3.63) is 33.9 Å². The molecule has 28 heavy (non-hydrogen) atoms. The van der Waals surface area contributed by atoms with Gasteiger partial charge in [-0.2, -0.15) is 0 Å². The minimum absolute atomic E-state index is 0.0407. The fraction of sp³-hybridized carbons (Fsp3) is 0.579. The maximum absolute atomic E-state index is 13.2. The average Bonchev–Trinajstić information content (AvgIpc) is 2.57. The summed E-state index contributed by atoms with van der Waals surface area (Å²) in [6.45, 7) is 7.15. The molecule has 0 radical (unpaired) electrons. The number of carbonyl (C=O) groups is 2. The number of hydrogen-bond acceptors (Lipinski definition) is 8. The Balaban J connectivity index is 1.90. The van der Waals surface area contributed by atoms with Crippen LogP contribution in [0.3, 0.4) is 0 Å². The van der Waals surface area contributed by atoms with Crippen LogP contribution in [-0.4, -0.2) is 47.4 Å². The lowest BCUT2D eigenvalue weighted by molar-refractivity contribution is -0.384. The van der Waals surface area contributed by atoms with Crippen molar-refractivity contribution in [1.29, 1.82) is 0 Å². The number of non-ortho nitro benzene ring substituents is 1. The van der Waals surface area contributed by atoms with Crippen molar-refractivity contribution in [3.63, 3.8) is 0 Å². The SMILES string of the molecule is C[C@H]1CN2c3ccc([N+](=O)[O-])cc3CC3(C(=O)OC(C)(C)OC3=O)[C@@H]2[C@@H](C)O1. The molecular weight excluding hydrogens is 368 g/mol. The quantitative estimate of drug-likeness (QED) is 0.310. The third-order valence-electron chi connectivity index (χ3n) is 5.64. The van der Waals surface area contributed by atoms with Gasteiger partial charge in [-0.15, -0.1) is 0 Å². The largest absolute Gasteiger partial charge is 0.422 e. The van der Waals surface area contributed by atoms with Crippen LogP contribution < -0.4 is 4.90 Å². The summed E-state index contributed by atoms with van der Waals surface area (Å²) in [5, 5.41) is 11.2. The van der Waals surface area contributed by atoms with Crippen molar-refractivity contribution in [2.24, 2.45) is 5.41 Å². The van der Waals surface area contributed by atoms with Crippen LogP contribution in [0.2, 0.25) is 0 Å². The number of carbonyl (C=O) groups excluding carboxylic acids is 2. The smallest absolute Gasteiger partial charge is 0.329 e. The Bertz CT molecular complexity index is 861. The number of benzene rings is 1. The number of anilines is 1. The third kappa shape index (κ3) is 2.56. The van der Waals surface area contributed by atoms with Crippen molar-refractivity contribution in [2.45, 2.75) is 58.2 Å². The first kappa shape index (κ1) is 18.7. The van der Waals surface area contributed by atoms with Crippen LogP contribution in [0.5, 0.6) is 0 Å². The van der Waals surface area contributed by atoms with Crippen molar-refractivity contribution < 1.29 is 28.7 Å². The summed E-state index contributed by atoms with van der Waals surface area (Å²) in [4.78, 5) is 39.0. The van der Waals surface area contributed by atoms with Crippen molar-refractivity contribution in [3.8, 4) is 0 Å². The van der Waals surface area contributed by atoms with Crippen molar-refractivity contribution >= 4 is 23.3 Å². The van der Waals surface area contributed by atoms with Crippen LogP contribution in [0.15, 0.2) is 18.2 Å². The van der Waals surface area contributed by atoms with E-state index in [0.717, 1.165) is 5.69 Å². The van der Waals surface area contributed by atoms with E-state index in [1.807, 2.05) is 18.7 Å². The summed E-state index contributed by atoms with van der Waals surface area (Å²) >= 11 is 0. The fourth-order valence-electron chi connectivity index (χ4n) is 4.67. The first-order valence-corrected chi connectivity index (χ1v) is 9.21. The second kappa shape index (κ2) is 5.91. The Labute approximate surface area is 161 Å². The lowest BCUT2D eigenvalue weighted by atomic mass is 9.68. The topological polar surface area (TPSA) is 108 Å². The highest BCUT2D eigenvalue weighted by Crippen LogP contribution is 2.50. The molecule has 9 nitrogen and oxygen atoms in total. The molecule has 1 spiro atoms. The van der Waals surface area contributed by atoms with Crippen LogP contribution in [0.4, 0.5) is 11.4 Å². The minimum Gasteiger partial charge on any atom is -0.422 e. The van der Waals surface area contributed by atoms with E-state index in [0.29, 0.717) is 12.1 Å². The Morgan fingerprint density at radius 2 is 1.82 bits per heavy atom. The molecule has 3 aliphatic rings. The number of rotatable bonds is 1. The summed E-state index contributed by atoms with van der Waals surface area (Å²) in [6, 6.07) is 3.88. The minimum atomic E-state index is -1.64. The van der Waals surface area contributed by atoms with Gasteiger partial charge in [-0.3, -0.25) is 19.7 Å². The number of nitrogens with zero attached hydrogens (tertiary/aromatic N) is 2. The highest BCUT2D eigenvalue weighted by atomic mass is 16.7. The highest BCUT2D eigenvalue weighted by molar-refractivity contribution is 6.04. The normalized spacial score (nSPS) is 30.1. The maximum atomic E-state index is 13.2. The number of nitro groups is 1. The zero-order valence-electron chi connectivity index (χ0n) is 16.1. The Kier molecular flexibility index (Phi) is 3.94. The van der Waals surface area contributed by atoms with Gasteiger partial charge < -0.3 is 19.1 Å². The van der Waals surface area contributed by atoms with E-state index in [9.17, 15) is 19.7 Å². The predicted molar refractivity (Wildman–Crippen MR) is 96.6 cm³/mol. The van der Waals surface area contributed by atoms with E-state index in [4.69, 9.17) is 14.2 Å². The number of esters is 2. The third-order valence-corrected chi connectivity index (χ3v) is 5.64. The molecular formula is C19H22N2O7. The first-order chi connectivity index (χ1) is 13.0. The van der Waals surface area contributed by atoms with Gasteiger partial charge in [0.1, 0.15) is 0 Å². The van der Waals surface area contributed by atoms with Gasteiger partial charge in [-0.25, -0.2) is 0 Å². The van der Waals surface area contributed by atoms with Crippen molar-refractivity contribution in [2.75, 3.05) is 11.4 Å². The number of hydrogen-bond donors (Lipinski definition) is 0. The molecule has 150 valence electrons. The van der Waals surface area contributed by atoms with Crippen LogP contribution in [-0.2, 0) is 30.2 Å². The zero-order chi connectivity index (χ0) is 20.4. The highest BCUT2D eigenvalue weighted by Gasteiger charge is 2.66. The molecule has 3 aliphatic heterocycles. The van der Waals surface area contributed by atoms with Gasteiger partial charge in [0, 0.05) is 44.6 Å². The number of nitro benzene ring substituents is 1. The van der Waals surface area contributed by atoms with Crippen LogP contribution in [0.1, 0.15) is 33.3 Å². The summed E-state index contributed by atoms with van der Waals surface area (Å²) in [7, 11) is 0. The van der Waals surface area contributed by atoms with Gasteiger partial charge >= 0.3 is 11.9 Å². The summed E-state index contributed by atoms with van der Waals surface area (Å²) in [5.41, 5.74) is -0.439. The molecule has 1 aromatic carbocycles. The van der Waals surface area contributed by atoms with E-state index in [1.165, 1.54) is 26.0 Å². The fourth-order valence-corrected chi connectivity index (χ4v) is 4.67. The summed E-state index contributed by atoms with van der Waals surface area (Å²) < 4.78 is 16.9. The summed E-state index contributed by atoms with van der Waals surface area (Å²) in [6.07, 6.45) is -0.633.